The summed E-state index contributed by atoms with van der Waals surface area (Å²) in [6, 6.07) is 16.0. The molecule has 1 amide bonds. The maximum atomic E-state index is 13.6. The molecule has 1 saturated carbocycles. The molecule has 1 unspecified atom stereocenters. The highest BCUT2D eigenvalue weighted by molar-refractivity contribution is 6.35. The summed E-state index contributed by atoms with van der Waals surface area (Å²) in [5.41, 5.74) is 1.80. The summed E-state index contributed by atoms with van der Waals surface area (Å²) in [6.45, 7) is 0.781. The van der Waals surface area contributed by atoms with Gasteiger partial charge in [0.2, 0.25) is 11.9 Å². The van der Waals surface area contributed by atoms with E-state index in [-0.39, 0.29) is 5.91 Å². The monoisotopic (exact) mass is 611 g/mol. The van der Waals surface area contributed by atoms with E-state index in [2.05, 4.69) is 26.0 Å². The van der Waals surface area contributed by atoms with Crippen molar-refractivity contribution in [1.29, 1.82) is 0 Å². The highest BCUT2D eigenvalue weighted by Crippen LogP contribution is 2.29. The molecular formula is C30H32Cl3N7O. The highest BCUT2D eigenvalue weighted by Gasteiger charge is 2.25. The number of rotatable bonds is 11. The predicted octanol–water partition coefficient (Wildman–Crippen LogP) is 7.30. The van der Waals surface area contributed by atoms with Crippen LogP contribution in [0.5, 0.6) is 0 Å². The van der Waals surface area contributed by atoms with Crippen LogP contribution in [0.15, 0.2) is 67.0 Å². The molecule has 3 N–H and O–H groups in total. The minimum atomic E-state index is -0.495. The zero-order chi connectivity index (χ0) is 28.6. The van der Waals surface area contributed by atoms with Gasteiger partial charge in [-0.05, 0) is 53.8 Å². The number of nitrogens with one attached hydrogen (secondary N) is 3. The van der Waals surface area contributed by atoms with E-state index >= 15 is 0 Å². The van der Waals surface area contributed by atoms with Gasteiger partial charge >= 0.3 is 0 Å². The summed E-state index contributed by atoms with van der Waals surface area (Å²) in [4.78, 5) is 23.0. The first-order valence-electron chi connectivity index (χ1n) is 13.8. The fourth-order valence-corrected chi connectivity index (χ4v) is 5.76. The Morgan fingerprint density at radius 2 is 1.78 bits per heavy atom. The summed E-state index contributed by atoms with van der Waals surface area (Å²) in [5.74, 6) is 1.85. The van der Waals surface area contributed by atoms with Crippen LogP contribution in [0.1, 0.15) is 49.7 Å². The lowest BCUT2D eigenvalue weighted by molar-refractivity contribution is -0.122. The first-order chi connectivity index (χ1) is 19.9. The van der Waals surface area contributed by atoms with Crippen molar-refractivity contribution in [2.45, 2.75) is 57.7 Å². The van der Waals surface area contributed by atoms with Gasteiger partial charge in [0.1, 0.15) is 11.9 Å². The van der Waals surface area contributed by atoms with Crippen LogP contribution in [0.3, 0.4) is 0 Å². The lowest BCUT2D eigenvalue weighted by Gasteiger charge is -2.27. The number of hydrogen-bond acceptors (Lipinski definition) is 6. The van der Waals surface area contributed by atoms with Crippen molar-refractivity contribution in [3.63, 3.8) is 0 Å². The fraction of sp³-hybridized carbons (Fsp3) is 0.333. The van der Waals surface area contributed by atoms with Crippen LogP contribution < -0.4 is 16.0 Å². The van der Waals surface area contributed by atoms with Gasteiger partial charge in [-0.25, -0.2) is 4.68 Å². The Morgan fingerprint density at radius 3 is 2.54 bits per heavy atom. The molecule has 1 aliphatic rings. The van der Waals surface area contributed by atoms with Crippen LogP contribution in [0.4, 0.5) is 11.8 Å². The molecular weight excluding hydrogens is 581 g/mol. The largest absolute Gasteiger partial charge is 0.358 e. The Kier molecular flexibility index (Phi) is 9.98. The molecule has 0 aliphatic heterocycles. The third-order valence-electron chi connectivity index (χ3n) is 7.19. The van der Waals surface area contributed by atoms with E-state index in [1.54, 1.807) is 29.1 Å². The van der Waals surface area contributed by atoms with Gasteiger partial charge in [-0.2, -0.15) is 15.1 Å². The number of nitrogens with zero attached hydrogens (tertiary/aromatic N) is 4. The van der Waals surface area contributed by atoms with Gasteiger partial charge in [-0.1, -0.05) is 85.1 Å². The molecule has 5 rings (SSSR count). The predicted molar refractivity (Wildman–Crippen MR) is 165 cm³/mol. The Balaban J connectivity index is 1.37. The Labute approximate surface area is 254 Å². The minimum absolute atomic E-state index is 0.116. The first kappa shape index (κ1) is 29.2. The SMILES string of the molecule is O=C(NCc1ccc(Cl)cc1Cl)C(CC1CCCCC1)Nc1cc(-n2cccn2)nc(NCc2cccc(Cl)c2)n1. The van der Waals surface area contributed by atoms with Crippen molar-refractivity contribution in [1.82, 2.24) is 25.1 Å². The molecule has 1 atom stereocenters. The molecule has 1 aliphatic carbocycles. The van der Waals surface area contributed by atoms with Gasteiger partial charge < -0.3 is 16.0 Å². The molecule has 2 heterocycles. The van der Waals surface area contributed by atoms with Crippen LogP contribution in [-0.2, 0) is 17.9 Å². The molecule has 0 saturated heterocycles. The van der Waals surface area contributed by atoms with E-state index in [0.29, 0.717) is 58.1 Å². The maximum Gasteiger partial charge on any atom is 0.242 e. The van der Waals surface area contributed by atoms with E-state index in [1.165, 1.54) is 19.3 Å². The van der Waals surface area contributed by atoms with Crippen molar-refractivity contribution in [3.8, 4) is 5.82 Å². The summed E-state index contributed by atoms with van der Waals surface area (Å²) in [7, 11) is 0. The number of carbonyl (C=O) groups is 1. The summed E-state index contributed by atoms with van der Waals surface area (Å²) >= 11 is 18.6. The third kappa shape index (κ3) is 8.35. The van der Waals surface area contributed by atoms with E-state index in [0.717, 1.165) is 24.0 Å². The van der Waals surface area contributed by atoms with Gasteiger partial charge in [-0.3, -0.25) is 4.79 Å². The van der Waals surface area contributed by atoms with Gasteiger partial charge in [0.15, 0.2) is 5.82 Å². The molecule has 4 aromatic rings. The molecule has 41 heavy (non-hydrogen) atoms. The van der Waals surface area contributed by atoms with Crippen LogP contribution in [-0.4, -0.2) is 31.7 Å². The number of carbonyl (C=O) groups excluding carboxylic acids is 1. The second-order valence-corrected chi connectivity index (χ2v) is 11.5. The fourth-order valence-electron chi connectivity index (χ4n) is 5.07. The van der Waals surface area contributed by atoms with Crippen molar-refractivity contribution < 1.29 is 4.79 Å². The summed E-state index contributed by atoms with van der Waals surface area (Å²) in [5, 5.41) is 15.8. The zero-order valence-electron chi connectivity index (χ0n) is 22.5. The number of benzene rings is 2. The zero-order valence-corrected chi connectivity index (χ0v) is 24.8. The number of aromatic nitrogens is 4. The molecule has 2 aromatic carbocycles. The van der Waals surface area contributed by atoms with E-state index in [9.17, 15) is 4.79 Å². The highest BCUT2D eigenvalue weighted by atomic mass is 35.5. The molecule has 1 fully saturated rings. The molecule has 0 bridgehead atoms. The van der Waals surface area contributed by atoms with Gasteiger partial charge in [0.05, 0.1) is 0 Å². The minimum Gasteiger partial charge on any atom is -0.358 e. The van der Waals surface area contributed by atoms with Crippen LogP contribution in [0.2, 0.25) is 15.1 Å². The second-order valence-electron chi connectivity index (χ2n) is 10.3. The normalized spacial score (nSPS) is 14.4. The van der Waals surface area contributed by atoms with Crippen LogP contribution in [0, 0.1) is 5.92 Å². The Morgan fingerprint density at radius 1 is 0.951 bits per heavy atom. The Hall–Kier alpha value is -3.33. The van der Waals surface area contributed by atoms with Crippen LogP contribution in [0.25, 0.3) is 5.82 Å². The summed E-state index contributed by atoms with van der Waals surface area (Å²) in [6.07, 6.45) is 10.1. The van der Waals surface area contributed by atoms with Crippen molar-refractivity contribution in [2.24, 2.45) is 5.92 Å². The van der Waals surface area contributed by atoms with Crippen molar-refractivity contribution in [2.75, 3.05) is 10.6 Å². The summed E-state index contributed by atoms with van der Waals surface area (Å²) < 4.78 is 1.66. The average Bonchev–Trinajstić information content (AvgIpc) is 3.51. The van der Waals surface area contributed by atoms with E-state index < -0.39 is 6.04 Å². The van der Waals surface area contributed by atoms with E-state index in [4.69, 9.17) is 39.8 Å². The average molecular weight is 613 g/mol. The third-order valence-corrected chi connectivity index (χ3v) is 8.01. The second kappa shape index (κ2) is 14.0. The van der Waals surface area contributed by atoms with Gasteiger partial charge in [0, 0.05) is 46.6 Å². The number of hydrogen-bond donors (Lipinski definition) is 3. The van der Waals surface area contributed by atoms with E-state index in [1.807, 2.05) is 42.6 Å². The lowest BCUT2D eigenvalue weighted by Crippen LogP contribution is -2.41. The smallest absolute Gasteiger partial charge is 0.242 e. The maximum absolute atomic E-state index is 13.6. The standard InChI is InChI=1S/C30H32Cl3N7O/c31-23-9-4-8-21(14-23)18-35-30-38-27(17-28(39-30)40-13-5-12-36-40)37-26(15-20-6-2-1-3-7-20)29(41)34-19-22-10-11-24(32)16-25(22)33/h4-5,8-14,16-17,20,26H,1-3,6-7,15,18-19H2,(H,34,41)(H2,35,37,38,39). The van der Waals surface area contributed by atoms with Crippen molar-refractivity contribution >= 4 is 52.5 Å². The molecule has 8 nitrogen and oxygen atoms in total. The van der Waals surface area contributed by atoms with Crippen molar-refractivity contribution in [3.05, 3.63) is 93.2 Å². The van der Waals surface area contributed by atoms with Gasteiger partial charge in [0.25, 0.3) is 0 Å². The quantitative estimate of drug-likeness (QED) is 0.164. The molecule has 0 spiro atoms. The Bertz CT molecular complexity index is 1460. The number of anilines is 2. The molecule has 2 aromatic heterocycles. The topological polar surface area (TPSA) is 96.8 Å². The molecule has 214 valence electrons. The van der Waals surface area contributed by atoms with Gasteiger partial charge in [-0.15, -0.1) is 0 Å². The number of halogens is 3. The number of amides is 1. The lowest BCUT2D eigenvalue weighted by atomic mass is 9.84. The molecule has 11 heteroatoms. The molecule has 0 radical (unpaired) electrons. The first-order valence-corrected chi connectivity index (χ1v) is 14.9. The van der Waals surface area contributed by atoms with Crippen LogP contribution >= 0.6 is 34.8 Å².